The Kier molecular flexibility index (Phi) is 6.42. The van der Waals surface area contributed by atoms with Crippen LogP contribution in [0.4, 0.5) is 4.79 Å². The van der Waals surface area contributed by atoms with Crippen molar-refractivity contribution in [1.29, 1.82) is 0 Å². The second kappa shape index (κ2) is 8.54. The van der Waals surface area contributed by atoms with Crippen LogP contribution in [0.15, 0.2) is 54.6 Å². The zero-order valence-electron chi connectivity index (χ0n) is 12.9. The second-order valence-corrected chi connectivity index (χ2v) is 9.85. The van der Waals surface area contributed by atoms with Crippen molar-refractivity contribution in [3.05, 3.63) is 71.3 Å². The molecule has 0 aliphatic rings. The molecule has 0 amide bonds. The van der Waals surface area contributed by atoms with Crippen LogP contribution in [-0.4, -0.2) is 30.5 Å². The van der Waals surface area contributed by atoms with Crippen molar-refractivity contribution in [1.82, 2.24) is 0 Å². The number of carboxylic acid groups (broad SMARTS) is 1. The predicted octanol–water partition coefficient (Wildman–Crippen LogP) is 3.97. The van der Waals surface area contributed by atoms with Crippen molar-refractivity contribution < 1.29 is 19.4 Å². The Morgan fingerprint density at radius 2 is 1.65 bits per heavy atom. The van der Waals surface area contributed by atoms with Gasteiger partial charge in [0.15, 0.2) is 0 Å². The van der Waals surface area contributed by atoms with Gasteiger partial charge in [-0.05, 0) is 0 Å². The van der Waals surface area contributed by atoms with E-state index in [1.807, 2.05) is 36.0 Å². The van der Waals surface area contributed by atoms with Crippen molar-refractivity contribution in [3.63, 3.8) is 0 Å². The van der Waals surface area contributed by atoms with Crippen LogP contribution in [0.1, 0.15) is 21.5 Å². The first-order valence-electron chi connectivity index (χ1n) is 7.30. The van der Waals surface area contributed by atoms with E-state index >= 15 is 0 Å². The minimum absolute atomic E-state index is 0.0662. The Morgan fingerprint density at radius 1 is 1.00 bits per heavy atom. The molecule has 0 saturated heterocycles. The van der Waals surface area contributed by atoms with E-state index in [9.17, 15) is 9.59 Å². The maximum atomic E-state index is 12.0. The number of aryl methyl sites for hydroxylation is 1. The maximum absolute atomic E-state index is 12.0. The third-order valence-corrected chi connectivity index (χ3v) is 6.91. The molecule has 2 aromatic rings. The normalized spacial score (nSPS) is 11.7. The molecule has 0 radical (unpaired) electrons. The summed E-state index contributed by atoms with van der Waals surface area (Å²) >= 11 is -1.69. The van der Waals surface area contributed by atoms with Crippen LogP contribution in [0.2, 0.25) is 10.9 Å². The molecular weight excluding hydrogens is 355 g/mol. The van der Waals surface area contributed by atoms with Gasteiger partial charge in [0.2, 0.25) is 0 Å². The van der Waals surface area contributed by atoms with E-state index in [0.717, 1.165) is 22.8 Å². The standard InChI is InChI=1S/C18H19AsO4/c1-19(18(22)23-13-15-5-3-2-4-6-15)12-11-14-7-9-16(10-8-14)17(20)21/h2-10H,11-13H2,1H3,(H,20,21). The summed E-state index contributed by atoms with van der Waals surface area (Å²) in [5, 5.41) is 9.68. The average Bonchev–Trinajstić information content (AvgIpc) is 2.58. The van der Waals surface area contributed by atoms with Gasteiger partial charge in [0.25, 0.3) is 0 Å². The fourth-order valence-corrected chi connectivity index (χ4v) is 4.26. The molecule has 1 N–H and O–H groups in total. The molecule has 1 unspecified atom stereocenters. The van der Waals surface area contributed by atoms with Crippen molar-refractivity contribution in [2.75, 3.05) is 0 Å². The molecule has 1 atom stereocenters. The SMILES string of the molecule is C[As](CCc1ccc(C(=O)O)cc1)C(=O)OCc1ccccc1. The number of aromatic carboxylic acids is 1. The van der Waals surface area contributed by atoms with Crippen LogP contribution in [0, 0.1) is 0 Å². The van der Waals surface area contributed by atoms with Crippen LogP contribution in [0.3, 0.4) is 0 Å². The molecule has 0 aliphatic heterocycles. The summed E-state index contributed by atoms with van der Waals surface area (Å²) in [5.41, 5.74) is 4.31. The number of hydrogen-bond acceptors (Lipinski definition) is 3. The molecule has 2 rings (SSSR count). The quantitative estimate of drug-likeness (QED) is 0.745. The number of benzene rings is 2. The molecule has 0 aliphatic carbocycles. The van der Waals surface area contributed by atoms with Crippen LogP contribution in [0.5, 0.6) is 0 Å². The van der Waals surface area contributed by atoms with E-state index in [1.54, 1.807) is 24.3 Å². The van der Waals surface area contributed by atoms with Gasteiger partial charge in [-0.2, -0.15) is 0 Å². The first-order valence-corrected chi connectivity index (χ1v) is 11.4. The average molecular weight is 374 g/mol. The first kappa shape index (κ1) is 17.3. The van der Waals surface area contributed by atoms with Crippen LogP contribution in [0.25, 0.3) is 0 Å². The number of ether oxygens (including phenoxy) is 1. The Morgan fingerprint density at radius 3 is 2.26 bits per heavy atom. The molecule has 4 nitrogen and oxygen atoms in total. The number of rotatable bonds is 7. The van der Waals surface area contributed by atoms with Gasteiger partial charge >= 0.3 is 140 Å². The monoisotopic (exact) mass is 374 g/mol. The summed E-state index contributed by atoms with van der Waals surface area (Å²) in [6.07, 6.45) is 0.775. The molecule has 0 saturated carbocycles. The van der Waals surface area contributed by atoms with Crippen LogP contribution >= 0.6 is 0 Å². The van der Waals surface area contributed by atoms with Gasteiger partial charge in [0.05, 0.1) is 0 Å². The summed E-state index contributed by atoms with van der Waals surface area (Å²) in [5.74, 6) is -0.927. The van der Waals surface area contributed by atoms with Crippen molar-refractivity contribution in [3.8, 4) is 0 Å². The third-order valence-electron chi connectivity index (χ3n) is 3.45. The fraction of sp³-hybridized carbons (Fsp3) is 0.222. The molecular formula is C18H19AsO4. The van der Waals surface area contributed by atoms with Crippen molar-refractivity contribution in [2.45, 2.75) is 23.9 Å². The minimum atomic E-state index is -1.69. The van der Waals surface area contributed by atoms with E-state index in [4.69, 9.17) is 9.84 Å². The fourth-order valence-electron chi connectivity index (χ4n) is 2.03. The van der Waals surface area contributed by atoms with Crippen LogP contribution in [-0.2, 0) is 17.8 Å². The number of hydrogen-bond donors (Lipinski definition) is 1. The van der Waals surface area contributed by atoms with Gasteiger partial charge in [0, 0.05) is 0 Å². The Labute approximate surface area is 140 Å². The van der Waals surface area contributed by atoms with Gasteiger partial charge in [0.1, 0.15) is 0 Å². The topological polar surface area (TPSA) is 63.6 Å². The van der Waals surface area contributed by atoms with Gasteiger partial charge in [-0.15, -0.1) is 0 Å². The van der Waals surface area contributed by atoms with Gasteiger partial charge in [-0.25, -0.2) is 0 Å². The number of carboxylic acids is 1. The molecule has 0 aromatic heterocycles. The molecule has 120 valence electrons. The molecule has 0 heterocycles. The molecule has 2 aromatic carbocycles. The van der Waals surface area contributed by atoms with Gasteiger partial charge in [-0.3, -0.25) is 0 Å². The molecule has 0 spiro atoms. The molecule has 0 bridgehead atoms. The van der Waals surface area contributed by atoms with E-state index in [2.05, 4.69) is 0 Å². The van der Waals surface area contributed by atoms with Crippen molar-refractivity contribution in [2.24, 2.45) is 0 Å². The van der Waals surface area contributed by atoms with E-state index in [-0.39, 0.29) is 10.3 Å². The Bertz CT molecular complexity index is 652. The Balaban J connectivity index is 1.78. The predicted molar refractivity (Wildman–Crippen MR) is 90.2 cm³/mol. The van der Waals surface area contributed by atoms with E-state index < -0.39 is 20.6 Å². The van der Waals surface area contributed by atoms with Crippen LogP contribution < -0.4 is 0 Å². The summed E-state index contributed by atoms with van der Waals surface area (Å²) in [4.78, 5) is 22.8. The zero-order chi connectivity index (χ0) is 16.7. The van der Waals surface area contributed by atoms with Gasteiger partial charge in [-0.1, -0.05) is 0 Å². The first-order chi connectivity index (χ1) is 11.1. The van der Waals surface area contributed by atoms with Gasteiger partial charge < -0.3 is 0 Å². The van der Waals surface area contributed by atoms with Crippen molar-refractivity contribution >= 4 is 25.4 Å². The summed E-state index contributed by atoms with van der Waals surface area (Å²) in [6, 6.07) is 16.4. The summed E-state index contributed by atoms with van der Waals surface area (Å²) < 4.78 is 5.31. The zero-order valence-corrected chi connectivity index (χ0v) is 14.8. The molecule has 23 heavy (non-hydrogen) atoms. The summed E-state index contributed by atoms with van der Waals surface area (Å²) in [6.45, 7) is 0.325. The summed E-state index contributed by atoms with van der Waals surface area (Å²) in [7, 11) is 0. The third kappa shape index (κ3) is 5.57. The molecule has 0 fully saturated rings. The van der Waals surface area contributed by atoms with E-state index in [0.29, 0.717) is 6.61 Å². The van der Waals surface area contributed by atoms with E-state index in [1.165, 1.54) is 0 Å². The number of carbonyl (C=O) groups excluding carboxylic acids is 1. The Hall–Kier alpha value is -2.06. The number of carbonyl (C=O) groups is 2. The molecule has 5 heteroatoms. The second-order valence-electron chi connectivity index (χ2n) is 5.21.